The maximum atomic E-state index is 12.3. The molecule has 0 spiro atoms. The minimum absolute atomic E-state index is 0.0322. The lowest BCUT2D eigenvalue weighted by Crippen LogP contribution is -2.12. The number of hydrogen-bond acceptors (Lipinski definition) is 4. The van der Waals surface area contributed by atoms with Crippen LogP contribution in [0.2, 0.25) is 0 Å². The number of carbonyl (C=O) groups excluding carboxylic acids is 1. The van der Waals surface area contributed by atoms with Gasteiger partial charge in [0.2, 0.25) is 5.91 Å². The highest BCUT2D eigenvalue weighted by molar-refractivity contribution is 9.10. The van der Waals surface area contributed by atoms with Crippen LogP contribution in [-0.2, 0) is 11.2 Å². The summed E-state index contributed by atoms with van der Waals surface area (Å²) < 4.78 is 7.86. The first-order valence-electron chi connectivity index (χ1n) is 10.1. The molecule has 1 aromatic heterocycles. The molecule has 0 aliphatic carbocycles. The van der Waals surface area contributed by atoms with Gasteiger partial charge in [0.15, 0.2) is 5.13 Å². The summed E-state index contributed by atoms with van der Waals surface area (Å²) in [5, 5.41) is 3.58. The molecule has 0 saturated carbocycles. The second-order valence-corrected chi connectivity index (χ2v) is 9.06. The first-order valence-corrected chi connectivity index (χ1v) is 11.7. The summed E-state index contributed by atoms with van der Waals surface area (Å²) in [6, 6.07) is 12.5. The standard InChI is InChI=1S/C23H27BrN2O2S/c1-4-15(3)17-9-10-19-21(14-17)29-23(25-19)26-22(27)7-6-12-28-20-11-8-16(5-2)13-18(20)24/h8-11,13-15H,4-7,12H2,1-3H3,(H,25,26,27). The van der Waals surface area contributed by atoms with Gasteiger partial charge in [0.1, 0.15) is 5.75 Å². The molecule has 1 atom stereocenters. The van der Waals surface area contributed by atoms with E-state index in [2.05, 4.69) is 71.3 Å². The molecule has 1 amide bonds. The Kier molecular flexibility index (Phi) is 7.67. The van der Waals surface area contributed by atoms with E-state index in [0.29, 0.717) is 30.5 Å². The van der Waals surface area contributed by atoms with Gasteiger partial charge in [0.05, 0.1) is 21.3 Å². The third-order valence-electron chi connectivity index (χ3n) is 5.05. The van der Waals surface area contributed by atoms with Gasteiger partial charge in [0.25, 0.3) is 0 Å². The zero-order valence-corrected chi connectivity index (χ0v) is 19.5. The number of aromatic nitrogens is 1. The van der Waals surface area contributed by atoms with Crippen LogP contribution in [0.5, 0.6) is 5.75 Å². The Morgan fingerprint density at radius 1 is 1.24 bits per heavy atom. The molecule has 0 bridgehead atoms. The summed E-state index contributed by atoms with van der Waals surface area (Å²) in [7, 11) is 0. The molecule has 154 valence electrons. The number of amides is 1. The van der Waals surface area contributed by atoms with Crippen molar-refractivity contribution in [2.75, 3.05) is 11.9 Å². The first-order chi connectivity index (χ1) is 14.0. The molecule has 0 aliphatic heterocycles. The predicted molar refractivity (Wildman–Crippen MR) is 125 cm³/mol. The van der Waals surface area contributed by atoms with Gasteiger partial charge in [0, 0.05) is 6.42 Å². The molecule has 1 unspecified atom stereocenters. The topological polar surface area (TPSA) is 51.2 Å². The number of benzene rings is 2. The summed E-state index contributed by atoms with van der Waals surface area (Å²) in [6.07, 6.45) is 3.15. The highest BCUT2D eigenvalue weighted by Crippen LogP contribution is 2.30. The highest BCUT2D eigenvalue weighted by atomic mass is 79.9. The van der Waals surface area contributed by atoms with Crippen molar-refractivity contribution in [3.63, 3.8) is 0 Å². The highest BCUT2D eigenvalue weighted by Gasteiger charge is 2.10. The number of carbonyl (C=O) groups is 1. The van der Waals surface area contributed by atoms with Gasteiger partial charge in [-0.1, -0.05) is 44.2 Å². The van der Waals surface area contributed by atoms with Crippen LogP contribution < -0.4 is 10.1 Å². The van der Waals surface area contributed by atoms with Crippen LogP contribution in [-0.4, -0.2) is 17.5 Å². The van der Waals surface area contributed by atoms with Crippen LogP contribution in [0.25, 0.3) is 10.2 Å². The van der Waals surface area contributed by atoms with E-state index in [1.54, 1.807) is 0 Å². The third-order valence-corrected chi connectivity index (χ3v) is 6.60. The van der Waals surface area contributed by atoms with E-state index in [1.165, 1.54) is 22.5 Å². The van der Waals surface area contributed by atoms with Crippen molar-refractivity contribution in [2.24, 2.45) is 0 Å². The average Bonchev–Trinajstić information content (AvgIpc) is 3.12. The van der Waals surface area contributed by atoms with E-state index >= 15 is 0 Å². The van der Waals surface area contributed by atoms with Crippen molar-refractivity contribution in [2.45, 2.75) is 52.4 Å². The summed E-state index contributed by atoms with van der Waals surface area (Å²) in [4.78, 5) is 16.8. The van der Waals surface area contributed by atoms with Crippen molar-refractivity contribution < 1.29 is 9.53 Å². The van der Waals surface area contributed by atoms with Crippen LogP contribution in [0, 0.1) is 0 Å². The van der Waals surface area contributed by atoms with Crippen molar-refractivity contribution in [1.82, 2.24) is 4.98 Å². The fourth-order valence-electron chi connectivity index (χ4n) is 3.01. The molecule has 2 aromatic carbocycles. The minimum atomic E-state index is -0.0322. The number of halogens is 1. The Morgan fingerprint density at radius 2 is 2.07 bits per heavy atom. The molecule has 29 heavy (non-hydrogen) atoms. The SMILES string of the molecule is CCc1ccc(OCCCC(=O)Nc2nc3ccc(C(C)CC)cc3s2)c(Br)c1. The summed E-state index contributed by atoms with van der Waals surface area (Å²) in [6.45, 7) is 7.03. The smallest absolute Gasteiger partial charge is 0.226 e. The van der Waals surface area contributed by atoms with Gasteiger partial charge >= 0.3 is 0 Å². The van der Waals surface area contributed by atoms with Gasteiger partial charge in [-0.3, -0.25) is 4.79 Å². The summed E-state index contributed by atoms with van der Waals surface area (Å²) >= 11 is 5.07. The molecule has 1 heterocycles. The van der Waals surface area contributed by atoms with Crippen LogP contribution >= 0.6 is 27.3 Å². The molecule has 0 saturated heterocycles. The average molecular weight is 475 g/mol. The molecular weight excluding hydrogens is 448 g/mol. The molecule has 0 radical (unpaired) electrons. The molecule has 3 rings (SSSR count). The van der Waals surface area contributed by atoms with Crippen molar-refractivity contribution in [3.8, 4) is 5.75 Å². The molecule has 6 heteroatoms. The largest absolute Gasteiger partial charge is 0.492 e. The van der Waals surface area contributed by atoms with Gasteiger partial charge in [-0.15, -0.1) is 0 Å². The number of nitrogens with one attached hydrogen (secondary N) is 1. The Balaban J connectivity index is 1.49. The Bertz CT molecular complexity index is 986. The van der Waals surface area contributed by atoms with Crippen LogP contribution in [0.15, 0.2) is 40.9 Å². The van der Waals surface area contributed by atoms with Crippen molar-refractivity contribution in [1.29, 1.82) is 0 Å². The number of rotatable bonds is 9. The second kappa shape index (κ2) is 10.2. The lowest BCUT2D eigenvalue weighted by molar-refractivity contribution is -0.116. The summed E-state index contributed by atoms with van der Waals surface area (Å²) in [5.41, 5.74) is 3.51. The lowest BCUT2D eigenvalue weighted by Gasteiger charge is -2.09. The fraction of sp³-hybridized carbons (Fsp3) is 0.391. The van der Waals surface area contributed by atoms with Crippen LogP contribution in [0.4, 0.5) is 5.13 Å². The van der Waals surface area contributed by atoms with E-state index in [4.69, 9.17) is 4.74 Å². The maximum Gasteiger partial charge on any atom is 0.226 e. The predicted octanol–water partition coefficient (Wildman–Crippen LogP) is 6.93. The second-order valence-electron chi connectivity index (χ2n) is 7.17. The molecule has 4 nitrogen and oxygen atoms in total. The van der Waals surface area contributed by atoms with Crippen LogP contribution in [0.1, 0.15) is 57.1 Å². The normalized spacial score (nSPS) is 12.1. The van der Waals surface area contributed by atoms with E-state index in [9.17, 15) is 4.79 Å². The fourth-order valence-corrected chi connectivity index (χ4v) is 4.49. The monoisotopic (exact) mass is 474 g/mol. The zero-order chi connectivity index (χ0) is 20.8. The Morgan fingerprint density at radius 3 is 2.79 bits per heavy atom. The maximum absolute atomic E-state index is 12.3. The molecule has 0 fully saturated rings. The Labute approximate surface area is 184 Å². The van der Waals surface area contributed by atoms with Crippen LogP contribution in [0.3, 0.4) is 0 Å². The molecule has 0 aliphatic rings. The number of thiazole rings is 1. The molecule has 1 N–H and O–H groups in total. The number of fused-ring (bicyclic) bond motifs is 1. The number of hydrogen-bond donors (Lipinski definition) is 1. The Hall–Kier alpha value is -1.92. The van der Waals surface area contributed by atoms with Gasteiger partial charge in [-0.2, -0.15) is 0 Å². The minimum Gasteiger partial charge on any atom is -0.492 e. The van der Waals surface area contributed by atoms with E-state index in [1.807, 2.05) is 12.1 Å². The van der Waals surface area contributed by atoms with Gasteiger partial charge < -0.3 is 10.1 Å². The number of nitrogens with zero attached hydrogens (tertiary/aromatic N) is 1. The van der Waals surface area contributed by atoms with Gasteiger partial charge in [-0.05, 0) is 76.5 Å². The first kappa shape index (κ1) is 21.8. The molecular formula is C23H27BrN2O2S. The number of ether oxygens (including phenoxy) is 1. The quantitative estimate of drug-likeness (QED) is 0.342. The number of anilines is 1. The number of aryl methyl sites for hydroxylation is 1. The van der Waals surface area contributed by atoms with Crippen molar-refractivity contribution >= 4 is 48.5 Å². The zero-order valence-electron chi connectivity index (χ0n) is 17.1. The van der Waals surface area contributed by atoms with Crippen molar-refractivity contribution in [3.05, 3.63) is 52.0 Å². The van der Waals surface area contributed by atoms with E-state index in [-0.39, 0.29) is 5.91 Å². The van der Waals surface area contributed by atoms with E-state index < -0.39 is 0 Å². The van der Waals surface area contributed by atoms with E-state index in [0.717, 1.165) is 33.3 Å². The third kappa shape index (κ3) is 5.80. The van der Waals surface area contributed by atoms with Gasteiger partial charge in [-0.25, -0.2) is 4.98 Å². The lowest BCUT2D eigenvalue weighted by atomic mass is 9.99. The summed E-state index contributed by atoms with van der Waals surface area (Å²) in [5.74, 6) is 1.30. The molecule has 3 aromatic rings.